The Hall–Kier alpha value is -0.810. The van der Waals surface area contributed by atoms with Gasteiger partial charge in [0, 0.05) is 11.7 Å². The van der Waals surface area contributed by atoms with Crippen molar-refractivity contribution in [1.29, 1.82) is 0 Å². The average Bonchev–Trinajstić information content (AvgIpc) is 2.40. The van der Waals surface area contributed by atoms with E-state index in [2.05, 4.69) is 19.2 Å². The largest absolute Gasteiger partial charge is 0.327 e. The van der Waals surface area contributed by atoms with Crippen molar-refractivity contribution in [1.82, 2.24) is 4.90 Å². The number of hydrogen-bond donors (Lipinski definition) is 2. The van der Waals surface area contributed by atoms with E-state index in [4.69, 9.17) is 28.9 Å². The van der Waals surface area contributed by atoms with Crippen LogP contribution in [-0.2, 0) is 4.79 Å². The molecule has 0 aromatic heterocycles. The summed E-state index contributed by atoms with van der Waals surface area (Å²) in [6.07, 6.45) is 0.869. The SMILES string of the molecule is CC(C)C(N)CCN(C)CC(=O)Nc1ccc(Cl)c(Cl)c1. The first kappa shape index (κ1) is 18.2. The van der Waals surface area contributed by atoms with E-state index < -0.39 is 0 Å². The van der Waals surface area contributed by atoms with E-state index in [1.165, 1.54) is 0 Å². The average molecular weight is 332 g/mol. The Morgan fingerprint density at radius 3 is 2.57 bits per heavy atom. The number of amides is 1. The summed E-state index contributed by atoms with van der Waals surface area (Å²) in [6.45, 7) is 5.29. The van der Waals surface area contributed by atoms with Gasteiger partial charge in [0.2, 0.25) is 5.91 Å². The Morgan fingerprint density at radius 1 is 1.33 bits per heavy atom. The van der Waals surface area contributed by atoms with Gasteiger partial charge in [0.1, 0.15) is 0 Å². The summed E-state index contributed by atoms with van der Waals surface area (Å²) in [4.78, 5) is 13.9. The molecule has 3 N–H and O–H groups in total. The molecule has 21 heavy (non-hydrogen) atoms. The van der Waals surface area contributed by atoms with Crippen molar-refractivity contribution in [3.8, 4) is 0 Å². The van der Waals surface area contributed by atoms with Gasteiger partial charge in [0.05, 0.1) is 16.6 Å². The normalized spacial score (nSPS) is 12.8. The van der Waals surface area contributed by atoms with Crippen LogP contribution in [0.25, 0.3) is 0 Å². The van der Waals surface area contributed by atoms with Crippen molar-refractivity contribution in [2.75, 3.05) is 25.5 Å². The third-order valence-corrected chi connectivity index (χ3v) is 4.06. The van der Waals surface area contributed by atoms with Gasteiger partial charge in [-0.15, -0.1) is 0 Å². The number of carbonyl (C=O) groups excluding carboxylic acids is 1. The summed E-state index contributed by atoms with van der Waals surface area (Å²) < 4.78 is 0. The van der Waals surface area contributed by atoms with E-state index in [0.717, 1.165) is 13.0 Å². The van der Waals surface area contributed by atoms with Crippen molar-refractivity contribution < 1.29 is 4.79 Å². The van der Waals surface area contributed by atoms with E-state index in [-0.39, 0.29) is 11.9 Å². The Bertz CT molecular complexity index is 480. The first-order valence-electron chi connectivity index (χ1n) is 6.98. The molecule has 1 rings (SSSR count). The van der Waals surface area contributed by atoms with Crippen LogP contribution in [0.3, 0.4) is 0 Å². The number of nitrogens with two attached hydrogens (primary N) is 1. The van der Waals surface area contributed by atoms with Gasteiger partial charge in [-0.25, -0.2) is 0 Å². The zero-order chi connectivity index (χ0) is 16.0. The van der Waals surface area contributed by atoms with E-state index in [1.807, 2.05) is 11.9 Å². The van der Waals surface area contributed by atoms with Crippen molar-refractivity contribution in [2.45, 2.75) is 26.3 Å². The second-order valence-electron chi connectivity index (χ2n) is 5.61. The monoisotopic (exact) mass is 331 g/mol. The van der Waals surface area contributed by atoms with Gasteiger partial charge in [0.15, 0.2) is 0 Å². The van der Waals surface area contributed by atoms with Crippen LogP contribution in [-0.4, -0.2) is 37.0 Å². The van der Waals surface area contributed by atoms with E-state index in [1.54, 1.807) is 18.2 Å². The topological polar surface area (TPSA) is 58.4 Å². The molecular formula is C15H23Cl2N3O. The van der Waals surface area contributed by atoms with Crippen molar-refractivity contribution >= 4 is 34.8 Å². The molecule has 1 aromatic rings. The van der Waals surface area contributed by atoms with Gasteiger partial charge in [0.25, 0.3) is 0 Å². The molecule has 4 nitrogen and oxygen atoms in total. The van der Waals surface area contributed by atoms with Gasteiger partial charge < -0.3 is 11.1 Å². The molecule has 0 aliphatic heterocycles. The minimum Gasteiger partial charge on any atom is -0.327 e. The zero-order valence-corrected chi connectivity index (χ0v) is 14.2. The van der Waals surface area contributed by atoms with Crippen molar-refractivity contribution in [3.63, 3.8) is 0 Å². The van der Waals surface area contributed by atoms with Gasteiger partial charge in [-0.1, -0.05) is 37.0 Å². The molecule has 0 radical (unpaired) electrons. The standard InChI is InChI=1S/C15H23Cl2N3O/c1-10(2)14(18)6-7-20(3)9-15(21)19-11-4-5-12(16)13(17)8-11/h4-5,8,10,14H,6-7,9,18H2,1-3H3,(H,19,21). The molecular weight excluding hydrogens is 309 g/mol. The van der Waals surface area contributed by atoms with Crippen molar-refractivity contribution in [2.24, 2.45) is 11.7 Å². The number of likely N-dealkylation sites (N-methyl/N-ethyl adjacent to an activating group) is 1. The maximum absolute atomic E-state index is 11.9. The Balaban J connectivity index is 2.40. The summed E-state index contributed by atoms with van der Waals surface area (Å²) in [7, 11) is 1.90. The van der Waals surface area contributed by atoms with E-state index in [0.29, 0.717) is 28.2 Å². The molecule has 0 aliphatic rings. The molecule has 118 valence electrons. The van der Waals surface area contributed by atoms with E-state index in [9.17, 15) is 4.79 Å². The predicted molar refractivity (Wildman–Crippen MR) is 90.0 cm³/mol. The molecule has 0 saturated carbocycles. The zero-order valence-electron chi connectivity index (χ0n) is 12.7. The van der Waals surface area contributed by atoms with Crippen LogP contribution in [0.1, 0.15) is 20.3 Å². The summed E-state index contributed by atoms with van der Waals surface area (Å²) in [5.41, 5.74) is 6.64. The number of carbonyl (C=O) groups is 1. The number of nitrogens with zero attached hydrogens (tertiary/aromatic N) is 1. The highest BCUT2D eigenvalue weighted by Gasteiger charge is 2.11. The minimum atomic E-state index is -0.0889. The third-order valence-electron chi connectivity index (χ3n) is 3.32. The van der Waals surface area contributed by atoms with Crippen LogP contribution in [0.15, 0.2) is 18.2 Å². The molecule has 0 spiro atoms. The van der Waals surface area contributed by atoms with Crippen LogP contribution < -0.4 is 11.1 Å². The summed E-state index contributed by atoms with van der Waals surface area (Å²) in [5.74, 6) is 0.359. The van der Waals surface area contributed by atoms with Gasteiger partial charge in [-0.3, -0.25) is 9.69 Å². The van der Waals surface area contributed by atoms with Gasteiger partial charge >= 0.3 is 0 Å². The lowest BCUT2D eigenvalue weighted by molar-refractivity contribution is -0.117. The first-order chi connectivity index (χ1) is 9.79. The van der Waals surface area contributed by atoms with Gasteiger partial charge in [-0.05, 0) is 44.1 Å². The number of rotatable bonds is 7. The quantitative estimate of drug-likeness (QED) is 0.806. The molecule has 0 bridgehead atoms. The lowest BCUT2D eigenvalue weighted by Crippen LogP contribution is -2.35. The Kier molecular flexibility index (Phi) is 7.46. The highest BCUT2D eigenvalue weighted by molar-refractivity contribution is 6.42. The molecule has 0 heterocycles. The summed E-state index contributed by atoms with van der Waals surface area (Å²) >= 11 is 11.7. The second kappa shape index (κ2) is 8.59. The van der Waals surface area contributed by atoms with E-state index >= 15 is 0 Å². The lowest BCUT2D eigenvalue weighted by atomic mass is 10.0. The summed E-state index contributed by atoms with van der Waals surface area (Å²) in [6, 6.07) is 5.17. The molecule has 1 aromatic carbocycles. The molecule has 1 amide bonds. The Labute approximate surface area is 136 Å². The molecule has 0 saturated heterocycles. The molecule has 6 heteroatoms. The Morgan fingerprint density at radius 2 is 2.00 bits per heavy atom. The predicted octanol–water partition coefficient (Wildman–Crippen LogP) is 3.24. The highest BCUT2D eigenvalue weighted by Crippen LogP contribution is 2.24. The number of benzene rings is 1. The number of nitrogens with one attached hydrogen (secondary N) is 1. The first-order valence-corrected chi connectivity index (χ1v) is 7.74. The molecule has 0 aliphatic carbocycles. The third kappa shape index (κ3) is 6.66. The smallest absolute Gasteiger partial charge is 0.238 e. The van der Waals surface area contributed by atoms with Crippen LogP contribution in [0.5, 0.6) is 0 Å². The fourth-order valence-electron chi connectivity index (χ4n) is 1.80. The summed E-state index contributed by atoms with van der Waals surface area (Å²) in [5, 5.41) is 3.69. The second-order valence-corrected chi connectivity index (χ2v) is 6.43. The highest BCUT2D eigenvalue weighted by atomic mass is 35.5. The molecule has 1 unspecified atom stereocenters. The maximum atomic E-state index is 11.9. The fourth-order valence-corrected chi connectivity index (χ4v) is 2.10. The fraction of sp³-hybridized carbons (Fsp3) is 0.533. The van der Waals surface area contributed by atoms with Crippen LogP contribution in [0, 0.1) is 5.92 Å². The number of anilines is 1. The van der Waals surface area contributed by atoms with Crippen LogP contribution in [0.2, 0.25) is 10.0 Å². The number of hydrogen-bond acceptors (Lipinski definition) is 3. The lowest BCUT2D eigenvalue weighted by Gasteiger charge is -2.21. The van der Waals surface area contributed by atoms with Crippen LogP contribution in [0.4, 0.5) is 5.69 Å². The maximum Gasteiger partial charge on any atom is 0.238 e. The number of halogens is 2. The minimum absolute atomic E-state index is 0.0889. The van der Waals surface area contributed by atoms with Gasteiger partial charge in [-0.2, -0.15) is 0 Å². The molecule has 0 fully saturated rings. The van der Waals surface area contributed by atoms with Crippen LogP contribution >= 0.6 is 23.2 Å². The van der Waals surface area contributed by atoms with Crippen molar-refractivity contribution in [3.05, 3.63) is 28.2 Å². The molecule has 1 atom stereocenters.